The molecule has 0 saturated carbocycles. The summed E-state index contributed by atoms with van der Waals surface area (Å²) in [7, 11) is 0. The average molecular weight is 222 g/mol. The highest BCUT2D eigenvalue weighted by Gasteiger charge is 2.10. The topological polar surface area (TPSA) is 70.5 Å². The van der Waals surface area contributed by atoms with Crippen LogP contribution in [-0.2, 0) is 0 Å². The van der Waals surface area contributed by atoms with Crippen molar-refractivity contribution in [1.82, 2.24) is 9.97 Å². The lowest BCUT2D eigenvalue weighted by molar-refractivity contribution is 0.257. The second-order valence-electron chi connectivity index (χ2n) is 3.90. The minimum absolute atomic E-state index is 0.436. The van der Waals surface area contributed by atoms with Gasteiger partial charge >= 0.3 is 6.03 Å². The third-order valence-corrected chi connectivity index (χ3v) is 2.96. The van der Waals surface area contributed by atoms with E-state index < -0.39 is 6.03 Å². The SMILES string of the molecule is O=C1N=c2ccc3c(ccc4[nH]cnc43)c2=N1. The fourth-order valence-corrected chi connectivity index (χ4v) is 2.22. The molecule has 2 aromatic carbocycles. The van der Waals surface area contributed by atoms with Crippen molar-refractivity contribution in [1.29, 1.82) is 0 Å². The Balaban J connectivity index is 2.36. The molecule has 0 bridgehead atoms. The number of fused-ring (bicyclic) bond motifs is 5. The summed E-state index contributed by atoms with van der Waals surface area (Å²) in [6, 6.07) is 7.17. The molecule has 0 aliphatic carbocycles. The number of urea groups is 1. The number of hydrogen-bond donors (Lipinski definition) is 1. The third kappa shape index (κ3) is 1.02. The van der Waals surface area contributed by atoms with Crippen LogP contribution in [0.15, 0.2) is 40.6 Å². The zero-order valence-electron chi connectivity index (χ0n) is 8.64. The minimum Gasteiger partial charge on any atom is -0.345 e. The van der Waals surface area contributed by atoms with Crippen molar-refractivity contribution in [3.63, 3.8) is 0 Å². The maximum absolute atomic E-state index is 11.2. The second-order valence-corrected chi connectivity index (χ2v) is 3.90. The number of amides is 2. The fraction of sp³-hybridized carbons (Fsp3) is 0. The maximum Gasteiger partial charge on any atom is 0.368 e. The van der Waals surface area contributed by atoms with Gasteiger partial charge in [-0.3, -0.25) is 0 Å². The number of aromatic nitrogens is 2. The molecule has 17 heavy (non-hydrogen) atoms. The maximum atomic E-state index is 11.2. The van der Waals surface area contributed by atoms with E-state index in [0.717, 1.165) is 21.8 Å². The Kier molecular flexibility index (Phi) is 1.39. The molecule has 0 saturated heterocycles. The summed E-state index contributed by atoms with van der Waals surface area (Å²) in [6.45, 7) is 0. The van der Waals surface area contributed by atoms with Crippen molar-refractivity contribution in [2.45, 2.75) is 0 Å². The highest BCUT2D eigenvalue weighted by molar-refractivity contribution is 6.04. The number of aromatic amines is 1. The van der Waals surface area contributed by atoms with Gasteiger partial charge in [0.15, 0.2) is 0 Å². The molecule has 1 aliphatic heterocycles. The van der Waals surface area contributed by atoms with Gasteiger partial charge in [-0.25, -0.2) is 9.78 Å². The van der Waals surface area contributed by atoms with Crippen LogP contribution in [0.4, 0.5) is 4.79 Å². The molecule has 1 aliphatic rings. The number of benzene rings is 2. The van der Waals surface area contributed by atoms with E-state index in [-0.39, 0.29) is 0 Å². The summed E-state index contributed by atoms with van der Waals surface area (Å²) in [6.07, 6.45) is 1.66. The van der Waals surface area contributed by atoms with Crippen molar-refractivity contribution >= 4 is 27.8 Å². The highest BCUT2D eigenvalue weighted by atomic mass is 16.2. The van der Waals surface area contributed by atoms with E-state index in [1.165, 1.54) is 0 Å². The molecule has 80 valence electrons. The first kappa shape index (κ1) is 8.58. The number of nitrogens with zero attached hydrogens (tertiary/aromatic N) is 3. The third-order valence-electron chi connectivity index (χ3n) is 2.96. The first-order chi connectivity index (χ1) is 8.33. The lowest BCUT2D eigenvalue weighted by atomic mass is 10.1. The molecular weight excluding hydrogens is 216 g/mol. The summed E-state index contributed by atoms with van der Waals surface area (Å²) in [5.74, 6) is 0. The summed E-state index contributed by atoms with van der Waals surface area (Å²) in [4.78, 5) is 26.3. The molecule has 0 radical (unpaired) electrons. The number of carbonyl (C=O) groups is 1. The van der Waals surface area contributed by atoms with E-state index in [0.29, 0.717) is 10.7 Å². The van der Waals surface area contributed by atoms with Gasteiger partial charge in [0, 0.05) is 10.8 Å². The second kappa shape index (κ2) is 2.76. The lowest BCUT2D eigenvalue weighted by Crippen LogP contribution is -2.21. The Morgan fingerprint density at radius 2 is 1.88 bits per heavy atom. The van der Waals surface area contributed by atoms with Gasteiger partial charge in [0.2, 0.25) is 0 Å². The first-order valence-electron chi connectivity index (χ1n) is 5.19. The first-order valence-corrected chi connectivity index (χ1v) is 5.19. The standard InChI is InChI=1S/C12H6N4O/c17-12-15-9-4-2-6-7(11(9)16-12)1-3-8-10(6)14-5-13-8/h1-5H,(H,13,14). The average Bonchev–Trinajstić information content (AvgIpc) is 2.92. The van der Waals surface area contributed by atoms with Crippen molar-refractivity contribution in [2.75, 3.05) is 0 Å². The van der Waals surface area contributed by atoms with Crippen molar-refractivity contribution in [3.8, 4) is 0 Å². The lowest BCUT2D eigenvalue weighted by Gasteiger charge is -1.97. The minimum atomic E-state index is -0.436. The van der Waals surface area contributed by atoms with Gasteiger partial charge in [-0.1, -0.05) is 0 Å². The molecule has 4 rings (SSSR count). The Bertz CT molecular complexity index is 907. The summed E-state index contributed by atoms with van der Waals surface area (Å²) in [5.41, 5.74) is 1.86. The monoisotopic (exact) mass is 222 g/mol. The molecule has 0 spiro atoms. The van der Waals surface area contributed by atoms with Crippen LogP contribution in [0.3, 0.4) is 0 Å². The van der Waals surface area contributed by atoms with Gasteiger partial charge in [0.25, 0.3) is 0 Å². The zero-order chi connectivity index (χ0) is 11.4. The van der Waals surface area contributed by atoms with E-state index in [9.17, 15) is 4.79 Å². The van der Waals surface area contributed by atoms with E-state index in [1.807, 2.05) is 18.2 Å². The van der Waals surface area contributed by atoms with Gasteiger partial charge in [-0.15, -0.1) is 0 Å². The predicted octanol–water partition coefficient (Wildman–Crippen LogP) is 1.09. The van der Waals surface area contributed by atoms with Gasteiger partial charge in [-0.2, -0.15) is 9.98 Å². The number of carbonyl (C=O) groups excluding carboxylic acids is 1. The molecule has 3 aromatic rings. The van der Waals surface area contributed by atoms with Crippen molar-refractivity contribution in [3.05, 3.63) is 41.3 Å². The molecule has 1 N–H and O–H groups in total. The summed E-state index contributed by atoms with van der Waals surface area (Å²) >= 11 is 0. The number of nitrogens with one attached hydrogen (secondary N) is 1. The Labute approximate surface area is 94.5 Å². The van der Waals surface area contributed by atoms with Gasteiger partial charge in [0.05, 0.1) is 22.7 Å². The molecule has 2 heterocycles. The van der Waals surface area contributed by atoms with Crippen LogP contribution in [0, 0.1) is 0 Å². The van der Waals surface area contributed by atoms with Crippen LogP contribution in [0.2, 0.25) is 0 Å². The zero-order valence-corrected chi connectivity index (χ0v) is 8.64. The van der Waals surface area contributed by atoms with Crippen LogP contribution < -0.4 is 10.7 Å². The molecule has 0 atom stereocenters. The van der Waals surface area contributed by atoms with Crippen LogP contribution >= 0.6 is 0 Å². The van der Waals surface area contributed by atoms with E-state index in [1.54, 1.807) is 12.4 Å². The highest BCUT2D eigenvalue weighted by Crippen LogP contribution is 2.19. The molecule has 5 nitrogen and oxygen atoms in total. The fourth-order valence-electron chi connectivity index (χ4n) is 2.22. The summed E-state index contributed by atoms with van der Waals surface area (Å²) < 4.78 is 0. The molecule has 5 heteroatoms. The van der Waals surface area contributed by atoms with E-state index in [2.05, 4.69) is 20.0 Å². The number of H-pyrrole nitrogens is 1. The van der Waals surface area contributed by atoms with Crippen LogP contribution in [0.1, 0.15) is 0 Å². The molecule has 0 fully saturated rings. The molecule has 0 unspecified atom stereocenters. The van der Waals surface area contributed by atoms with Crippen LogP contribution in [0.5, 0.6) is 0 Å². The predicted molar refractivity (Wildman–Crippen MR) is 61.3 cm³/mol. The van der Waals surface area contributed by atoms with Gasteiger partial charge < -0.3 is 4.98 Å². The smallest absolute Gasteiger partial charge is 0.345 e. The Morgan fingerprint density at radius 1 is 1.00 bits per heavy atom. The Hall–Kier alpha value is -2.56. The van der Waals surface area contributed by atoms with Crippen molar-refractivity contribution < 1.29 is 4.79 Å². The summed E-state index contributed by atoms with van der Waals surface area (Å²) in [5, 5.41) is 3.18. The largest absolute Gasteiger partial charge is 0.368 e. The molecule has 2 amide bonds. The van der Waals surface area contributed by atoms with Crippen LogP contribution in [-0.4, -0.2) is 16.0 Å². The normalized spacial score (nSPS) is 13.8. The van der Waals surface area contributed by atoms with Crippen LogP contribution in [0.25, 0.3) is 21.8 Å². The van der Waals surface area contributed by atoms with E-state index >= 15 is 0 Å². The van der Waals surface area contributed by atoms with E-state index in [4.69, 9.17) is 0 Å². The van der Waals surface area contributed by atoms with Gasteiger partial charge in [0.1, 0.15) is 5.36 Å². The quantitative estimate of drug-likeness (QED) is 0.618. The van der Waals surface area contributed by atoms with Gasteiger partial charge in [-0.05, 0) is 24.3 Å². The molecular formula is C12H6N4O. The number of rotatable bonds is 0. The molecule has 1 aromatic heterocycles. The number of hydrogen-bond acceptors (Lipinski definition) is 2. The Morgan fingerprint density at radius 3 is 2.82 bits per heavy atom. The van der Waals surface area contributed by atoms with Crippen molar-refractivity contribution in [2.24, 2.45) is 9.98 Å². The number of imidazole rings is 1.